The fourth-order valence-electron chi connectivity index (χ4n) is 1.91. The molecule has 100 valence electrons. The molecule has 0 radical (unpaired) electrons. The second-order valence-corrected chi connectivity index (χ2v) is 6.43. The number of hydrogen-bond acceptors (Lipinski definition) is 4. The molecule has 1 saturated heterocycles. The van der Waals surface area contributed by atoms with Gasteiger partial charge in [0.15, 0.2) is 0 Å². The molecule has 0 spiro atoms. The molecule has 1 N–H and O–H groups in total. The summed E-state index contributed by atoms with van der Waals surface area (Å²) >= 11 is 5.12. The Morgan fingerprint density at radius 2 is 2.17 bits per heavy atom. The molecule has 4 nitrogen and oxygen atoms in total. The first-order chi connectivity index (χ1) is 8.65. The highest BCUT2D eigenvalue weighted by Gasteiger charge is 2.18. The van der Waals surface area contributed by atoms with Crippen molar-refractivity contribution in [1.29, 1.82) is 0 Å². The van der Waals surface area contributed by atoms with E-state index in [0.717, 1.165) is 37.2 Å². The first kappa shape index (κ1) is 14.0. The molecule has 2 heterocycles. The molecule has 0 unspecified atom stereocenters. The van der Waals surface area contributed by atoms with Gasteiger partial charge in [-0.2, -0.15) is 0 Å². The van der Waals surface area contributed by atoms with Gasteiger partial charge >= 0.3 is 0 Å². The number of likely N-dealkylation sites (N-methyl/N-ethyl adjacent to an activating group) is 1. The van der Waals surface area contributed by atoms with Gasteiger partial charge in [0.25, 0.3) is 0 Å². The minimum atomic E-state index is 0.207. The van der Waals surface area contributed by atoms with E-state index in [9.17, 15) is 4.79 Å². The van der Waals surface area contributed by atoms with Crippen LogP contribution in [0, 0.1) is 0 Å². The highest BCUT2D eigenvalue weighted by Crippen LogP contribution is 2.19. The minimum Gasteiger partial charge on any atom is -0.339 e. The summed E-state index contributed by atoms with van der Waals surface area (Å²) in [5.74, 6) is 0.207. The van der Waals surface area contributed by atoms with Gasteiger partial charge in [0.1, 0.15) is 0 Å². The molecular weight excluding hydrogens is 314 g/mol. The quantitative estimate of drug-likeness (QED) is 0.905. The number of thiophene rings is 1. The zero-order valence-corrected chi connectivity index (χ0v) is 12.9. The lowest BCUT2D eigenvalue weighted by molar-refractivity contribution is -0.131. The Labute approximate surface area is 120 Å². The third-order valence-electron chi connectivity index (χ3n) is 3.05. The predicted molar refractivity (Wildman–Crippen MR) is 77.8 cm³/mol. The van der Waals surface area contributed by atoms with Crippen LogP contribution in [0.15, 0.2) is 15.9 Å². The summed E-state index contributed by atoms with van der Waals surface area (Å²) in [4.78, 5) is 17.4. The molecule has 0 saturated carbocycles. The minimum absolute atomic E-state index is 0.207. The molecule has 1 aliphatic heterocycles. The fraction of sp³-hybridized carbons (Fsp3) is 0.583. The van der Waals surface area contributed by atoms with Crippen LogP contribution in [0.3, 0.4) is 0 Å². The second kappa shape index (κ2) is 6.65. The smallest absolute Gasteiger partial charge is 0.236 e. The Bertz CT molecular complexity index is 402. The van der Waals surface area contributed by atoms with Crippen LogP contribution in [-0.4, -0.2) is 55.5 Å². The first-order valence-electron chi connectivity index (χ1n) is 6.05. The summed E-state index contributed by atoms with van der Waals surface area (Å²) < 4.78 is 1.11. The number of carbonyl (C=O) groups excluding carboxylic acids is 1. The summed E-state index contributed by atoms with van der Waals surface area (Å²) in [6.45, 7) is 4.84. The van der Waals surface area contributed by atoms with Crippen molar-refractivity contribution in [1.82, 2.24) is 15.1 Å². The van der Waals surface area contributed by atoms with Crippen molar-refractivity contribution in [3.8, 4) is 0 Å². The number of nitrogens with zero attached hydrogens (tertiary/aromatic N) is 2. The maximum atomic E-state index is 11.9. The summed E-state index contributed by atoms with van der Waals surface area (Å²) in [5.41, 5.74) is 0. The lowest BCUT2D eigenvalue weighted by Gasteiger charge is -2.32. The van der Waals surface area contributed by atoms with Gasteiger partial charge in [0.05, 0.1) is 6.54 Å². The highest BCUT2D eigenvalue weighted by atomic mass is 79.9. The molecule has 1 aromatic heterocycles. The van der Waals surface area contributed by atoms with E-state index in [1.807, 2.05) is 4.90 Å². The summed E-state index contributed by atoms with van der Waals surface area (Å²) in [5, 5.41) is 5.26. The van der Waals surface area contributed by atoms with Crippen molar-refractivity contribution in [3.05, 3.63) is 20.8 Å². The van der Waals surface area contributed by atoms with E-state index in [0.29, 0.717) is 6.54 Å². The Morgan fingerprint density at radius 1 is 1.44 bits per heavy atom. The molecule has 1 aliphatic rings. The monoisotopic (exact) mass is 331 g/mol. The normalized spacial score (nSPS) is 17.1. The standard InChI is InChI=1S/C12H18BrN3OS/c1-15-2-4-16(5-3-15)12(17)8-14-7-11-6-10(13)9-18-11/h6,9,14H,2-5,7-8H2,1H3. The van der Waals surface area contributed by atoms with Crippen LogP contribution in [-0.2, 0) is 11.3 Å². The number of halogens is 1. The zero-order valence-electron chi connectivity index (χ0n) is 10.5. The largest absolute Gasteiger partial charge is 0.339 e. The molecule has 6 heteroatoms. The third-order valence-corrected chi connectivity index (χ3v) is 4.75. The van der Waals surface area contributed by atoms with Gasteiger partial charge in [-0.05, 0) is 29.0 Å². The van der Waals surface area contributed by atoms with E-state index in [2.05, 4.69) is 44.6 Å². The SMILES string of the molecule is CN1CCN(C(=O)CNCc2cc(Br)cs2)CC1. The van der Waals surface area contributed by atoms with Gasteiger partial charge in [0.2, 0.25) is 5.91 Å². The maximum Gasteiger partial charge on any atom is 0.236 e. The van der Waals surface area contributed by atoms with Crippen molar-refractivity contribution < 1.29 is 4.79 Å². The van der Waals surface area contributed by atoms with E-state index in [4.69, 9.17) is 0 Å². The number of hydrogen-bond donors (Lipinski definition) is 1. The van der Waals surface area contributed by atoms with E-state index < -0.39 is 0 Å². The van der Waals surface area contributed by atoms with Gasteiger partial charge in [-0.1, -0.05) is 0 Å². The molecule has 0 aliphatic carbocycles. The van der Waals surface area contributed by atoms with Crippen molar-refractivity contribution in [2.45, 2.75) is 6.54 Å². The van der Waals surface area contributed by atoms with Gasteiger partial charge in [-0.15, -0.1) is 11.3 Å². The zero-order chi connectivity index (χ0) is 13.0. The van der Waals surface area contributed by atoms with Crippen LogP contribution in [0.1, 0.15) is 4.88 Å². The lowest BCUT2D eigenvalue weighted by Crippen LogP contribution is -2.49. The number of amides is 1. The van der Waals surface area contributed by atoms with E-state index in [1.165, 1.54) is 4.88 Å². The molecule has 1 fully saturated rings. The Balaban J connectivity index is 1.68. The van der Waals surface area contributed by atoms with E-state index in [-0.39, 0.29) is 5.91 Å². The van der Waals surface area contributed by atoms with Crippen LogP contribution >= 0.6 is 27.3 Å². The van der Waals surface area contributed by atoms with E-state index >= 15 is 0 Å². The third kappa shape index (κ3) is 4.05. The maximum absolute atomic E-state index is 11.9. The summed E-state index contributed by atoms with van der Waals surface area (Å²) in [7, 11) is 2.09. The topological polar surface area (TPSA) is 35.6 Å². The number of nitrogens with one attached hydrogen (secondary N) is 1. The number of rotatable bonds is 4. The Morgan fingerprint density at radius 3 is 2.78 bits per heavy atom. The average molecular weight is 332 g/mol. The molecule has 2 rings (SSSR count). The second-order valence-electron chi connectivity index (χ2n) is 4.52. The molecule has 0 atom stereocenters. The van der Waals surface area contributed by atoms with Gasteiger partial charge in [0, 0.05) is 47.5 Å². The lowest BCUT2D eigenvalue weighted by atomic mass is 10.3. The van der Waals surface area contributed by atoms with Crippen LogP contribution in [0.5, 0.6) is 0 Å². The van der Waals surface area contributed by atoms with Crippen LogP contribution < -0.4 is 5.32 Å². The highest BCUT2D eigenvalue weighted by molar-refractivity contribution is 9.10. The number of carbonyl (C=O) groups is 1. The van der Waals surface area contributed by atoms with Crippen LogP contribution in [0.2, 0.25) is 0 Å². The molecule has 0 bridgehead atoms. The van der Waals surface area contributed by atoms with Gasteiger partial charge < -0.3 is 15.1 Å². The Hall–Kier alpha value is -0.430. The van der Waals surface area contributed by atoms with Crippen molar-refractivity contribution >= 4 is 33.2 Å². The molecule has 1 aromatic rings. The van der Waals surface area contributed by atoms with Crippen molar-refractivity contribution in [3.63, 3.8) is 0 Å². The van der Waals surface area contributed by atoms with Crippen LogP contribution in [0.4, 0.5) is 0 Å². The van der Waals surface area contributed by atoms with Gasteiger partial charge in [-0.3, -0.25) is 4.79 Å². The summed E-state index contributed by atoms with van der Waals surface area (Å²) in [6, 6.07) is 2.08. The van der Waals surface area contributed by atoms with E-state index in [1.54, 1.807) is 11.3 Å². The van der Waals surface area contributed by atoms with Gasteiger partial charge in [-0.25, -0.2) is 0 Å². The summed E-state index contributed by atoms with van der Waals surface area (Å²) in [6.07, 6.45) is 0. The fourth-order valence-corrected chi connectivity index (χ4v) is 3.33. The molecular formula is C12H18BrN3OS. The number of piperazine rings is 1. The Kier molecular flexibility index (Phi) is 5.17. The van der Waals surface area contributed by atoms with Crippen molar-refractivity contribution in [2.24, 2.45) is 0 Å². The van der Waals surface area contributed by atoms with Crippen molar-refractivity contribution in [2.75, 3.05) is 39.8 Å². The first-order valence-corrected chi connectivity index (χ1v) is 7.72. The predicted octanol–water partition coefficient (Wildman–Crippen LogP) is 1.37. The molecule has 18 heavy (non-hydrogen) atoms. The molecule has 1 amide bonds. The average Bonchev–Trinajstić information content (AvgIpc) is 2.76. The molecule has 0 aromatic carbocycles. The van der Waals surface area contributed by atoms with Crippen LogP contribution in [0.25, 0.3) is 0 Å².